The van der Waals surface area contributed by atoms with Crippen molar-refractivity contribution in [1.29, 1.82) is 0 Å². The van der Waals surface area contributed by atoms with Crippen LogP contribution in [0.5, 0.6) is 0 Å². The molecule has 112 valence electrons. The van der Waals surface area contributed by atoms with Gasteiger partial charge in [-0.05, 0) is 37.8 Å². The summed E-state index contributed by atoms with van der Waals surface area (Å²) in [5.74, 6) is 1.28. The lowest BCUT2D eigenvalue weighted by Gasteiger charge is -2.04. The largest absolute Gasteiger partial charge is 0.381 e. The third-order valence-electron chi connectivity index (χ3n) is 1.89. The summed E-state index contributed by atoms with van der Waals surface area (Å²) in [6.07, 6.45) is 1.96. The topological polar surface area (TPSA) is 70.5 Å². The van der Waals surface area contributed by atoms with Crippen molar-refractivity contribution in [2.45, 2.75) is 40.5 Å². The molecule has 0 saturated carbocycles. The quantitative estimate of drug-likeness (QED) is 0.591. The van der Waals surface area contributed by atoms with Gasteiger partial charge in [0.15, 0.2) is 0 Å². The van der Waals surface area contributed by atoms with Crippen LogP contribution in [0.4, 0.5) is 0 Å². The summed E-state index contributed by atoms with van der Waals surface area (Å²) >= 11 is 0. The van der Waals surface area contributed by atoms with Crippen LogP contribution in [0.15, 0.2) is 0 Å². The Balaban J connectivity index is 0. The molecule has 0 amide bonds. The molecule has 0 fully saturated rings. The molecule has 4 nitrogen and oxygen atoms in total. The highest BCUT2D eigenvalue weighted by Gasteiger charge is 1.92. The Morgan fingerprint density at radius 2 is 1.06 bits per heavy atom. The van der Waals surface area contributed by atoms with Crippen molar-refractivity contribution in [2.24, 2.45) is 23.3 Å². The summed E-state index contributed by atoms with van der Waals surface area (Å²) in [6, 6.07) is 0. The SMILES string of the molecule is CC(C)COCCCN.CC(C)COCCCN. The molecule has 0 radical (unpaired) electrons. The van der Waals surface area contributed by atoms with E-state index < -0.39 is 0 Å². The second-order valence-corrected chi connectivity index (χ2v) is 5.22. The van der Waals surface area contributed by atoms with Gasteiger partial charge in [-0.15, -0.1) is 0 Å². The third kappa shape index (κ3) is 24.9. The summed E-state index contributed by atoms with van der Waals surface area (Å²) in [5.41, 5.74) is 10.5. The maximum atomic E-state index is 5.27. The van der Waals surface area contributed by atoms with Crippen molar-refractivity contribution < 1.29 is 9.47 Å². The van der Waals surface area contributed by atoms with E-state index in [9.17, 15) is 0 Å². The van der Waals surface area contributed by atoms with Gasteiger partial charge < -0.3 is 20.9 Å². The summed E-state index contributed by atoms with van der Waals surface area (Å²) < 4.78 is 10.5. The fourth-order valence-corrected chi connectivity index (χ4v) is 1.01. The van der Waals surface area contributed by atoms with Crippen LogP contribution in [0, 0.1) is 11.8 Å². The van der Waals surface area contributed by atoms with E-state index in [4.69, 9.17) is 20.9 Å². The molecule has 0 heterocycles. The zero-order chi connectivity index (χ0) is 14.2. The average molecular weight is 262 g/mol. The Hall–Kier alpha value is -0.160. The molecule has 0 unspecified atom stereocenters. The van der Waals surface area contributed by atoms with Gasteiger partial charge in [-0.1, -0.05) is 27.7 Å². The van der Waals surface area contributed by atoms with E-state index in [1.165, 1.54) is 0 Å². The Bertz CT molecular complexity index is 126. The number of rotatable bonds is 10. The van der Waals surface area contributed by atoms with Crippen LogP contribution in [0.25, 0.3) is 0 Å². The zero-order valence-electron chi connectivity index (χ0n) is 12.8. The van der Waals surface area contributed by atoms with Gasteiger partial charge in [-0.2, -0.15) is 0 Å². The van der Waals surface area contributed by atoms with E-state index in [-0.39, 0.29) is 0 Å². The van der Waals surface area contributed by atoms with Gasteiger partial charge in [0, 0.05) is 26.4 Å². The minimum atomic E-state index is 0.641. The Morgan fingerprint density at radius 1 is 0.722 bits per heavy atom. The Kier molecular flexibility index (Phi) is 18.9. The molecule has 4 N–H and O–H groups in total. The van der Waals surface area contributed by atoms with Crippen molar-refractivity contribution in [3.05, 3.63) is 0 Å². The molecular weight excluding hydrogens is 228 g/mol. The van der Waals surface area contributed by atoms with Crippen molar-refractivity contribution in [3.63, 3.8) is 0 Å². The van der Waals surface area contributed by atoms with Crippen LogP contribution in [-0.4, -0.2) is 39.5 Å². The molecule has 0 atom stereocenters. The van der Waals surface area contributed by atoms with Gasteiger partial charge in [-0.25, -0.2) is 0 Å². The van der Waals surface area contributed by atoms with E-state index in [1.54, 1.807) is 0 Å². The van der Waals surface area contributed by atoms with Crippen molar-refractivity contribution in [2.75, 3.05) is 39.5 Å². The van der Waals surface area contributed by atoms with Gasteiger partial charge in [0.2, 0.25) is 0 Å². The third-order valence-corrected chi connectivity index (χ3v) is 1.89. The smallest absolute Gasteiger partial charge is 0.0489 e. The number of nitrogens with two attached hydrogens (primary N) is 2. The summed E-state index contributed by atoms with van der Waals surface area (Å²) in [4.78, 5) is 0. The Morgan fingerprint density at radius 3 is 1.28 bits per heavy atom. The minimum absolute atomic E-state index is 0.641. The van der Waals surface area contributed by atoms with Gasteiger partial charge in [0.25, 0.3) is 0 Å². The van der Waals surface area contributed by atoms with Crippen molar-refractivity contribution >= 4 is 0 Å². The molecule has 0 aromatic carbocycles. The predicted octanol–water partition coefficient (Wildman–Crippen LogP) is 2.02. The summed E-state index contributed by atoms with van der Waals surface area (Å²) in [7, 11) is 0. The molecule has 0 rings (SSSR count). The van der Waals surface area contributed by atoms with Crippen LogP contribution in [-0.2, 0) is 9.47 Å². The molecular formula is C14H34N2O2. The molecule has 0 aromatic heterocycles. The second-order valence-electron chi connectivity index (χ2n) is 5.22. The molecule has 0 aliphatic heterocycles. The highest BCUT2D eigenvalue weighted by atomic mass is 16.5. The van der Waals surface area contributed by atoms with Gasteiger partial charge >= 0.3 is 0 Å². The van der Waals surface area contributed by atoms with E-state index in [0.717, 1.165) is 52.4 Å². The maximum Gasteiger partial charge on any atom is 0.0489 e. The number of hydrogen-bond acceptors (Lipinski definition) is 4. The monoisotopic (exact) mass is 262 g/mol. The number of hydrogen-bond donors (Lipinski definition) is 2. The molecule has 0 saturated heterocycles. The van der Waals surface area contributed by atoms with E-state index in [0.29, 0.717) is 11.8 Å². The lowest BCUT2D eigenvalue weighted by Crippen LogP contribution is -2.07. The van der Waals surface area contributed by atoms with Gasteiger partial charge in [-0.3, -0.25) is 0 Å². The van der Waals surface area contributed by atoms with Crippen LogP contribution >= 0.6 is 0 Å². The average Bonchev–Trinajstić information content (AvgIpc) is 2.31. The van der Waals surface area contributed by atoms with E-state index >= 15 is 0 Å². The highest BCUT2D eigenvalue weighted by molar-refractivity contribution is 4.41. The van der Waals surface area contributed by atoms with Crippen molar-refractivity contribution in [3.8, 4) is 0 Å². The normalized spacial score (nSPS) is 10.7. The van der Waals surface area contributed by atoms with E-state index in [1.807, 2.05) is 0 Å². The molecule has 0 bridgehead atoms. The predicted molar refractivity (Wildman–Crippen MR) is 78.7 cm³/mol. The van der Waals surface area contributed by atoms with Gasteiger partial charge in [0.1, 0.15) is 0 Å². The minimum Gasteiger partial charge on any atom is -0.381 e. The first-order valence-electron chi connectivity index (χ1n) is 7.10. The van der Waals surface area contributed by atoms with E-state index in [2.05, 4.69) is 27.7 Å². The van der Waals surface area contributed by atoms with Crippen LogP contribution in [0.1, 0.15) is 40.5 Å². The first-order valence-corrected chi connectivity index (χ1v) is 7.10. The lowest BCUT2D eigenvalue weighted by molar-refractivity contribution is 0.109. The first-order chi connectivity index (χ1) is 8.54. The molecule has 0 aromatic rings. The summed E-state index contributed by atoms with van der Waals surface area (Å²) in [5, 5.41) is 0. The fourth-order valence-electron chi connectivity index (χ4n) is 1.01. The fraction of sp³-hybridized carbons (Fsp3) is 1.00. The van der Waals surface area contributed by atoms with Crippen LogP contribution in [0.2, 0.25) is 0 Å². The highest BCUT2D eigenvalue weighted by Crippen LogP contribution is 1.92. The van der Waals surface area contributed by atoms with Crippen molar-refractivity contribution in [1.82, 2.24) is 0 Å². The standard InChI is InChI=1S/2C7H17NO/c2*1-7(2)6-9-5-3-4-8/h2*7H,3-6,8H2,1-2H3. The second kappa shape index (κ2) is 16.8. The molecule has 0 aliphatic carbocycles. The lowest BCUT2D eigenvalue weighted by atomic mass is 10.2. The first kappa shape index (κ1) is 20.2. The number of ether oxygens (including phenoxy) is 2. The molecule has 4 heteroatoms. The molecule has 18 heavy (non-hydrogen) atoms. The van der Waals surface area contributed by atoms with Crippen LogP contribution < -0.4 is 11.5 Å². The summed E-state index contributed by atoms with van der Waals surface area (Å²) in [6.45, 7) is 13.4. The van der Waals surface area contributed by atoms with Gasteiger partial charge in [0.05, 0.1) is 0 Å². The van der Waals surface area contributed by atoms with Crippen LogP contribution in [0.3, 0.4) is 0 Å². The molecule has 0 aliphatic rings. The molecule has 0 spiro atoms. The Labute approximate surface area is 113 Å². The zero-order valence-corrected chi connectivity index (χ0v) is 12.8. The maximum absolute atomic E-state index is 5.27.